The summed E-state index contributed by atoms with van der Waals surface area (Å²) < 4.78 is 2.68. The lowest BCUT2D eigenvalue weighted by molar-refractivity contribution is 1.31. The SMILES string of the molecule is c1cc(-c2ccc(-c3ccc(-c4cccc5c4sc4ccccc45)cc3)cc2)cc(-c2cccc(-c3cnc4c5ccccc5c5ccccc5c4n3)c2)c1. The molecule has 11 aromatic rings. The van der Waals surface area contributed by atoms with Crippen LogP contribution in [-0.4, -0.2) is 9.97 Å². The van der Waals surface area contributed by atoms with Gasteiger partial charge in [0.1, 0.15) is 0 Å². The Morgan fingerprint density at radius 2 is 0.800 bits per heavy atom. The molecule has 0 saturated carbocycles. The zero-order chi connectivity index (χ0) is 36.3. The fraction of sp³-hybridized carbons (Fsp3) is 0. The van der Waals surface area contributed by atoms with Crippen molar-refractivity contribution in [3.8, 4) is 55.8 Å². The van der Waals surface area contributed by atoms with Gasteiger partial charge in [0.15, 0.2) is 0 Å². The highest BCUT2D eigenvalue weighted by Crippen LogP contribution is 2.40. The Balaban J connectivity index is 0.879. The molecular weight excluding hydrogens is 685 g/mol. The number of thiophene rings is 1. The molecule has 0 aliphatic carbocycles. The minimum atomic E-state index is 0.867. The number of rotatable bonds is 5. The van der Waals surface area contributed by atoms with Crippen LogP contribution in [-0.2, 0) is 0 Å². The molecule has 11 rings (SSSR count). The lowest BCUT2D eigenvalue weighted by Crippen LogP contribution is -1.92. The van der Waals surface area contributed by atoms with Crippen molar-refractivity contribution in [1.82, 2.24) is 9.97 Å². The minimum absolute atomic E-state index is 0.867. The van der Waals surface area contributed by atoms with Gasteiger partial charge in [-0.25, -0.2) is 4.98 Å². The number of aromatic nitrogens is 2. The van der Waals surface area contributed by atoms with Crippen LogP contribution in [0.4, 0.5) is 0 Å². The topological polar surface area (TPSA) is 25.8 Å². The highest BCUT2D eigenvalue weighted by Gasteiger charge is 2.14. The van der Waals surface area contributed by atoms with Crippen molar-refractivity contribution < 1.29 is 0 Å². The maximum absolute atomic E-state index is 5.24. The molecule has 0 amide bonds. The first-order valence-electron chi connectivity index (χ1n) is 18.6. The molecule has 2 aromatic heterocycles. The van der Waals surface area contributed by atoms with Crippen LogP contribution in [0.15, 0.2) is 194 Å². The van der Waals surface area contributed by atoms with Crippen LogP contribution in [0.3, 0.4) is 0 Å². The van der Waals surface area contributed by atoms with E-state index < -0.39 is 0 Å². The van der Waals surface area contributed by atoms with Crippen molar-refractivity contribution in [2.24, 2.45) is 0 Å². The molecule has 0 aliphatic rings. The van der Waals surface area contributed by atoms with Gasteiger partial charge in [0.2, 0.25) is 0 Å². The summed E-state index contributed by atoms with van der Waals surface area (Å²) in [5.41, 5.74) is 13.4. The van der Waals surface area contributed by atoms with Gasteiger partial charge < -0.3 is 0 Å². The van der Waals surface area contributed by atoms with Gasteiger partial charge in [-0.05, 0) is 73.5 Å². The zero-order valence-corrected chi connectivity index (χ0v) is 30.6. The molecule has 2 nitrogen and oxygen atoms in total. The van der Waals surface area contributed by atoms with Gasteiger partial charge in [0.25, 0.3) is 0 Å². The van der Waals surface area contributed by atoms with Crippen LogP contribution in [0.25, 0.3) is 109 Å². The molecule has 0 unspecified atom stereocenters. The molecule has 0 spiro atoms. The first-order valence-corrected chi connectivity index (χ1v) is 19.5. The van der Waals surface area contributed by atoms with Gasteiger partial charge in [0.05, 0.1) is 22.9 Å². The van der Waals surface area contributed by atoms with Crippen LogP contribution in [0.1, 0.15) is 0 Å². The molecule has 0 atom stereocenters. The van der Waals surface area contributed by atoms with Crippen LogP contribution in [0.2, 0.25) is 0 Å². The van der Waals surface area contributed by atoms with Crippen LogP contribution in [0, 0.1) is 0 Å². The number of nitrogens with zero attached hydrogens (tertiary/aromatic N) is 2. The second kappa shape index (κ2) is 12.9. The molecule has 0 fully saturated rings. The number of benzene rings is 9. The highest BCUT2D eigenvalue weighted by molar-refractivity contribution is 7.26. The molecular formula is C52H32N2S. The van der Waals surface area contributed by atoms with Crippen LogP contribution >= 0.6 is 11.3 Å². The van der Waals surface area contributed by atoms with E-state index in [4.69, 9.17) is 9.97 Å². The third-order valence-electron chi connectivity index (χ3n) is 10.9. The fourth-order valence-electron chi connectivity index (χ4n) is 8.17. The van der Waals surface area contributed by atoms with Gasteiger partial charge in [-0.2, -0.15) is 0 Å². The van der Waals surface area contributed by atoms with Gasteiger partial charge in [-0.15, -0.1) is 11.3 Å². The Kier molecular flexibility index (Phi) is 7.39. The normalized spacial score (nSPS) is 11.6. The van der Waals surface area contributed by atoms with Gasteiger partial charge in [-0.1, -0.05) is 170 Å². The van der Waals surface area contributed by atoms with Crippen molar-refractivity contribution >= 4 is 64.1 Å². The number of fused-ring (bicyclic) bond motifs is 9. The van der Waals surface area contributed by atoms with Crippen molar-refractivity contribution in [2.75, 3.05) is 0 Å². The third kappa shape index (κ3) is 5.40. The van der Waals surface area contributed by atoms with E-state index in [1.807, 2.05) is 17.5 Å². The maximum Gasteiger partial charge on any atom is 0.0979 e. The lowest BCUT2D eigenvalue weighted by atomic mass is 9.95. The third-order valence-corrected chi connectivity index (χ3v) is 12.2. The van der Waals surface area contributed by atoms with E-state index in [0.717, 1.165) is 44.2 Å². The van der Waals surface area contributed by atoms with E-state index >= 15 is 0 Å². The molecule has 9 aromatic carbocycles. The molecule has 2 heterocycles. The van der Waals surface area contributed by atoms with Crippen molar-refractivity contribution in [3.63, 3.8) is 0 Å². The predicted molar refractivity (Wildman–Crippen MR) is 235 cm³/mol. The Bertz CT molecular complexity index is 3210. The second-order valence-electron chi connectivity index (χ2n) is 14.1. The Morgan fingerprint density at radius 3 is 1.47 bits per heavy atom. The molecule has 0 aliphatic heterocycles. The summed E-state index contributed by atoms with van der Waals surface area (Å²) in [4.78, 5) is 10.2. The lowest BCUT2D eigenvalue weighted by Gasteiger charge is -2.11. The van der Waals surface area contributed by atoms with E-state index in [2.05, 4.69) is 188 Å². The van der Waals surface area contributed by atoms with Gasteiger partial charge in [-0.3, -0.25) is 4.98 Å². The average Bonchev–Trinajstić information content (AvgIpc) is 3.66. The van der Waals surface area contributed by atoms with E-state index in [-0.39, 0.29) is 0 Å². The van der Waals surface area contributed by atoms with Crippen molar-refractivity contribution in [2.45, 2.75) is 0 Å². The summed E-state index contributed by atoms with van der Waals surface area (Å²) in [6.07, 6.45) is 1.92. The second-order valence-corrected chi connectivity index (χ2v) is 15.2. The van der Waals surface area contributed by atoms with E-state index in [1.54, 1.807) is 0 Å². The summed E-state index contributed by atoms with van der Waals surface area (Å²) in [5.74, 6) is 0. The summed E-state index contributed by atoms with van der Waals surface area (Å²) in [5, 5.41) is 7.32. The molecule has 256 valence electrons. The van der Waals surface area contributed by atoms with E-state index in [9.17, 15) is 0 Å². The standard InChI is InChI=1S/C52H32N2S/c1-3-17-45-42(14-1)43-15-2-4-18-46(43)51-50(45)53-32-48(54-51)40-13-8-12-39(31-40)38-11-7-10-37(30-38)35-24-22-33(23-25-35)34-26-28-36(29-27-34)41-19-9-20-47-44-16-5-6-21-49(44)55-52(41)47/h1-32H. The molecule has 0 N–H and O–H groups in total. The quantitative estimate of drug-likeness (QED) is 0.166. The Hall–Kier alpha value is -6.94. The molecule has 0 bridgehead atoms. The van der Waals surface area contributed by atoms with Gasteiger partial charge in [0, 0.05) is 36.5 Å². The van der Waals surface area contributed by atoms with Crippen LogP contribution in [0.5, 0.6) is 0 Å². The van der Waals surface area contributed by atoms with E-state index in [0.29, 0.717) is 0 Å². The average molecular weight is 717 g/mol. The monoisotopic (exact) mass is 716 g/mol. The zero-order valence-electron chi connectivity index (χ0n) is 29.8. The predicted octanol–water partition coefficient (Wildman–Crippen LogP) is 14.6. The molecule has 0 saturated heterocycles. The Labute approximate surface area is 322 Å². The van der Waals surface area contributed by atoms with Crippen molar-refractivity contribution in [1.29, 1.82) is 0 Å². The van der Waals surface area contributed by atoms with Crippen LogP contribution < -0.4 is 0 Å². The Morgan fingerprint density at radius 1 is 0.327 bits per heavy atom. The molecule has 3 heteroatoms. The number of hydrogen-bond acceptors (Lipinski definition) is 3. The highest BCUT2D eigenvalue weighted by atomic mass is 32.1. The van der Waals surface area contributed by atoms with Crippen molar-refractivity contribution in [3.05, 3.63) is 194 Å². The van der Waals surface area contributed by atoms with E-state index in [1.165, 1.54) is 64.3 Å². The smallest absolute Gasteiger partial charge is 0.0979 e. The summed E-state index contributed by atoms with van der Waals surface area (Å²) in [7, 11) is 0. The first-order chi connectivity index (χ1) is 27.2. The largest absolute Gasteiger partial charge is 0.252 e. The fourth-order valence-corrected chi connectivity index (χ4v) is 9.41. The summed E-state index contributed by atoms with van der Waals surface area (Å²) in [6, 6.07) is 67.7. The summed E-state index contributed by atoms with van der Waals surface area (Å²) in [6.45, 7) is 0. The summed E-state index contributed by atoms with van der Waals surface area (Å²) >= 11 is 1.88. The first kappa shape index (κ1) is 31.6. The molecule has 0 radical (unpaired) electrons. The number of hydrogen-bond donors (Lipinski definition) is 0. The minimum Gasteiger partial charge on any atom is -0.252 e. The molecule has 55 heavy (non-hydrogen) atoms. The maximum atomic E-state index is 5.24. The van der Waals surface area contributed by atoms with Gasteiger partial charge >= 0.3 is 0 Å².